The maximum Gasteiger partial charge on any atom is 0.111 e. The number of thiophene rings is 1. The average Bonchev–Trinajstić information content (AvgIpc) is 2.77. The first-order valence-electron chi connectivity index (χ1n) is 5.04. The Morgan fingerprint density at radius 2 is 1.94 bits per heavy atom. The first-order valence-corrected chi connectivity index (χ1v) is 6.68. The van der Waals surface area contributed by atoms with Gasteiger partial charge in [-0.3, -0.25) is 0 Å². The minimum Gasteiger partial charge on any atom is -0.338 e. The van der Waals surface area contributed by atoms with Crippen LogP contribution in [0.25, 0.3) is 0 Å². The number of benzene rings is 1. The van der Waals surface area contributed by atoms with E-state index in [-0.39, 0.29) is 0 Å². The molecule has 84 valence electrons. The standard InChI is InChI=1S/C12H11Cl2NS/c13-11-5-1-3-9(12(11)14)7-15-8-10-4-2-6-16-10/h1-6,15H,7-8H2/p+1. The van der Waals surface area contributed by atoms with Gasteiger partial charge in [0.1, 0.15) is 13.1 Å². The highest BCUT2D eigenvalue weighted by Gasteiger charge is 2.05. The molecular formula is C12H12Cl2NS+. The van der Waals surface area contributed by atoms with Crippen LogP contribution < -0.4 is 5.32 Å². The van der Waals surface area contributed by atoms with Crippen LogP contribution in [0.4, 0.5) is 0 Å². The predicted molar refractivity (Wildman–Crippen MR) is 70.1 cm³/mol. The van der Waals surface area contributed by atoms with Crippen molar-refractivity contribution in [1.29, 1.82) is 0 Å². The molecular weight excluding hydrogens is 261 g/mol. The molecule has 0 saturated carbocycles. The molecule has 0 aliphatic heterocycles. The number of hydrogen-bond acceptors (Lipinski definition) is 1. The summed E-state index contributed by atoms with van der Waals surface area (Å²) >= 11 is 13.8. The summed E-state index contributed by atoms with van der Waals surface area (Å²) in [6, 6.07) is 9.97. The summed E-state index contributed by atoms with van der Waals surface area (Å²) in [5.74, 6) is 0. The zero-order valence-electron chi connectivity index (χ0n) is 8.62. The first kappa shape index (κ1) is 11.9. The Morgan fingerprint density at radius 1 is 1.06 bits per heavy atom. The van der Waals surface area contributed by atoms with Crippen LogP contribution in [0, 0.1) is 0 Å². The van der Waals surface area contributed by atoms with Crippen molar-refractivity contribution in [3.63, 3.8) is 0 Å². The van der Waals surface area contributed by atoms with Gasteiger partial charge in [-0.2, -0.15) is 0 Å². The molecule has 0 amide bonds. The zero-order chi connectivity index (χ0) is 11.4. The van der Waals surface area contributed by atoms with Crippen molar-refractivity contribution < 1.29 is 5.32 Å². The average molecular weight is 273 g/mol. The molecule has 0 atom stereocenters. The molecule has 2 N–H and O–H groups in total. The molecule has 0 spiro atoms. The third-order valence-corrected chi connectivity index (χ3v) is 4.08. The maximum absolute atomic E-state index is 6.10. The van der Waals surface area contributed by atoms with E-state index in [0.717, 1.165) is 18.7 Å². The fraction of sp³-hybridized carbons (Fsp3) is 0.167. The lowest BCUT2D eigenvalue weighted by Gasteiger charge is -2.04. The smallest absolute Gasteiger partial charge is 0.111 e. The monoisotopic (exact) mass is 272 g/mol. The highest BCUT2D eigenvalue weighted by Crippen LogP contribution is 2.24. The Kier molecular flexibility index (Phi) is 4.24. The Labute approximate surface area is 109 Å². The molecule has 1 heterocycles. The Hall–Kier alpha value is -0.540. The van der Waals surface area contributed by atoms with Crippen molar-refractivity contribution in [2.75, 3.05) is 0 Å². The van der Waals surface area contributed by atoms with E-state index in [2.05, 4.69) is 22.8 Å². The molecule has 16 heavy (non-hydrogen) atoms. The third-order valence-electron chi connectivity index (χ3n) is 2.32. The number of nitrogens with two attached hydrogens (primary N) is 1. The van der Waals surface area contributed by atoms with Crippen LogP contribution in [0.2, 0.25) is 10.0 Å². The predicted octanol–water partition coefficient (Wildman–Crippen LogP) is 3.32. The lowest BCUT2D eigenvalue weighted by Crippen LogP contribution is -2.80. The van der Waals surface area contributed by atoms with Gasteiger partial charge in [-0.15, -0.1) is 11.3 Å². The molecule has 0 fully saturated rings. The van der Waals surface area contributed by atoms with Gasteiger partial charge in [0.2, 0.25) is 0 Å². The Morgan fingerprint density at radius 3 is 2.69 bits per heavy atom. The lowest BCUT2D eigenvalue weighted by atomic mass is 10.2. The highest BCUT2D eigenvalue weighted by molar-refractivity contribution is 7.09. The lowest BCUT2D eigenvalue weighted by molar-refractivity contribution is -0.685. The van der Waals surface area contributed by atoms with Crippen LogP contribution in [0.1, 0.15) is 10.4 Å². The van der Waals surface area contributed by atoms with Crippen molar-refractivity contribution in [3.8, 4) is 0 Å². The van der Waals surface area contributed by atoms with Gasteiger partial charge in [0.25, 0.3) is 0 Å². The number of halogens is 2. The van der Waals surface area contributed by atoms with Crippen molar-refractivity contribution in [3.05, 3.63) is 56.2 Å². The fourth-order valence-electron chi connectivity index (χ4n) is 1.50. The van der Waals surface area contributed by atoms with Crippen LogP contribution in [0.5, 0.6) is 0 Å². The van der Waals surface area contributed by atoms with Crippen LogP contribution in [0.15, 0.2) is 35.7 Å². The molecule has 2 aromatic rings. The van der Waals surface area contributed by atoms with Crippen molar-refractivity contribution in [2.24, 2.45) is 0 Å². The van der Waals surface area contributed by atoms with Gasteiger partial charge >= 0.3 is 0 Å². The molecule has 0 aliphatic rings. The van der Waals surface area contributed by atoms with Gasteiger partial charge in [-0.25, -0.2) is 0 Å². The minimum absolute atomic E-state index is 0.628. The normalized spacial score (nSPS) is 10.6. The second-order valence-corrected chi connectivity index (χ2v) is 5.31. The second kappa shape index (κ2) is 5.69. The summed E-state index contributed by atoms with van der Waals surface area (Å²) in [5.41, 5.74) is 1.09. The van der Waals surface area contributed by atoms with Gasteiger partial charge in [0, 0.05) is 5.56 Å². The SMILES string of the molecule is Clc1cccc(C[NH2+]Cc2cccs2)c1Cl. The minimum atomic E-state index is 0.628. The molecule has 2 rings (SSSR count). The largest absolute Gasteiger partial charge is 0.338 e. The molecule has 0 saturated heterocycles. The summed E-state index contributed by atoms with van der Waals surface area (Å²) in [7, 11) is 0. The third kappa shape index (κ3) is 2.98. The fourth-order valence-corrected chi connectivity index (χ4v) is 2.61. The summed E-state index contributed by atoms with van der Waals surface area (Å²) in [5, 5.41) is 5.62. The molecule has 0 bridgehead atoms. The molecule has 4 heteroatoms. The summed E-state index contributed by atoms with van der Waals surface area (Å²) in [6.07, 6.45) is 0. The summed E-state index contributed by atoms with van der Waals surface area (Å²) in [6.45, 7) is 1.85. The number of hydrogen-bond donors (Lipinski definition) is 1. The van der Waals surface area contributed by atoms with Gasteiger partial charge in [0.05, 0.1) is 14.9 Å². The van der Waals surface area contributed by atoms with Gasteiger partial charge in [-0.05, 0) is 17.5 Å². The second-order valence-electron chi connectivity index (χ2n) is 3.49. The molecule has 1 aromatic carbocycles. The highest BCUT2D eigenvalue weighted by atomic mass is 35.5. The van der Waals surface area contributed by atoms with Crippen LogP contribution >= 0.6 is 34.5 Å². The van der Waals surface area contributed by atoms with E-state index >= 15 is 0 Å². The number of quaternary nitrogens is 1. The molecule has 0 unspecified atom stereocenters. The topological polar surface area (TPSA) is 16.6 Å². The van der Waals surface area contributed by atoms with E-state index in [9.17, 15) is 0 Å². The van der Waals surface area contributed by atoms with Crippen molar-refractivity contribution in [1.82, 2.24) is 0 Å². The van der Waals surface area contributed by atoms with Crippen LogP contribution in [-0.4, -0.2) is 0 Å². The van der Waals surface area contributed by atoms with E-state index in [4.69, 9.17) is 23.2 Å². The van der Waals surface area contributed by atoms with E-state index < -0.39 is 0 Å². The number of rotatable bonds is 4. The van der Waals surface area contributed by atoms with Crippen molar-refractivity contribution in [2.45, 2.75) is 13.1 Å². The molecule has 0 aliphatic carbocycles. The van der Waals surface area contributed by atoms with Gasteiger partial charge in [0.15, 0.2) is 0 Å². The van der Waals surface area contributed by atoms with Crippen molar-refractivity contribution >= 4 is 34.5 Å². The quantitative estimate of drug-likeness (QED) is 0.880. The van der Waals surface area contributed by atoms with E-state index in [1.165, 1.54) is 4.88 Å². The molecule has 1 nitrogen and oxygen atoms in total. The summed E-state index contributed by atoms with van der Waals surface area (Å²) in [4.78, 5) is 1.37. The molecule has 0 radical (unpaired) electrons. The Balaban J connectivity index is 1.92. The van der Waals surface area contributed by atoms with E-state index in [1.54, 1.807) is 11.3 Å². The van der Waals surface area contributed by atoms with Gasteiger partial charge in [-0.1, -0.05) is 41.4 Å². The zero-order valence-corrected chi connectivity index (χ0v) is 10.9. The van der Waals surface area contributed by atoms with E-state index in [0.29, 0.717) is 10.0 Å². The van der Waals surface area contributed by atoms with Crippen LogP contribution in [0.3, 0.4) is 0 Å². The van der Waals surface area contributed by atoms with E-state index in [1.807, 2.05) is 18.2 Å². The molecule has 1 aromatic heterocycles. The van der Waals surface area contributed by atoms with Gasteiger partial charge < -0.3 is 5.32 Å². The maximum atomic E-state index is 6.10. The van der Waals surface area contributed by atoms with Crippen LogP contribution in [-0.2, 0) is 13.1 Å². The summed E-state index contributed by atoms with van der Waals surface area (Å²) < 4.78 is 0. The first-order chi connectivity index (χ1) is 7.77. The Bertz CT molecular complexity index is 454.